The Kier molecular flexibility index (Phi) is 6.68. The number of hydrogen-bond acceptors (Lipinski definition) is 6. The molecule has 1 aliphatic rings. The predicted molar refractivity (Wildman–Crippen MR) is 113 cm³/mol. The maximum Gasteiger partial charge on any atom is 0.241 e. The minimum absolute atomic E-state index is 0.200. The fourth-order valence-electron chi connectivity index (χ4n) is 3.27. The lowest BCUT2D eigenvalue weighted by atomic mass is 10.1. The highest BCUT2D eigenvalue weighted by molar-refractivity contribution is 7.89. The fourth-order valence-corrected chi connectivity index (χ4v) is 4.89. The first kappa shape index (κ1) is 21.8. The molecule has 2 heterocycles. The zero-order valence-corrected chi connectivity index (χ0v) is 18.3. The highest BCUT2D eigenvalue weighted by atomic mass is 32.2. The van der Waals surface area contributed by atoms with Crippen LogP contribution < -0.4 is 10.0 Å². The number of rotatable bonds is 6. The number of sulfonamides is 1. The monoisotopic (exact) mass is 418 g/mol. The van der Waals surface area contributed by atoms with Gasteiger partial charge in [0.25, 0.3) is 0 Å². The summed E-state index contributed by atoms with van der Waals surface area (Å²) in [5, 5.41) is 3.31. The topological polar surface area (TPSA) is 93.2 Å². The Balaban J connectivity index is 1.82. The van der Waals surface area contributed by atoms with Gasteiger partial charge in [-0.25, -0.2) is 13.1 Å². The van der Waals surface area contributed by atoms with Crippen molar-refractivity contribution in [2.45, 2.75) is 63.7 Å². The predicted octanol–water partition coefficient (Wildman–Crippen LogP) is 2.80. The SMILES string of the molecule is Cc1ccc(S(=O)(=O)NC(C)(C)C)c(-c2cnc(COC3CCNCC3)cn2)c1. The largest absolute Gasteiger partial charge is 0.372 e. The van der Waals surface area contributed by atoms with Crippen LogP contribution in [0.5, 0.6) is 0 Å². The number of nitrogens with one attached hydrogen (secondary N) is 2. The molecule has 0 spiro atoms. The molecule has 8 heteroatoms. The van der Waals surface area contributed by atoms with Crippen molar-refractivity contribution in [1.82, 2.24) is 20.0 Å². The van der Waals surface area contributed by atoms with Gasteiger partial charge in [0.2, 0.25) is 10.0 Å². The third kappa shape index (κ3) is 6.05. The maximum atomic E-state index is 12.9. The molecular formula is C21H30N4O3S. The quantitative estimate of drug-likeness (QED) is 0.749. The lowest BCUT2D eigenvalue weighted by molar-refractivity contribution is 0.0194. The van der Waals surface area contributed by atoms with Crippen LogP contribution in [0.4, 0.5) is 0 Å². The number of aromatic nitrogens is 2. The van der Waals surface area contributed by atoms with E-state index < -0.39 is 15.6 Å². The Morgan fingerprint density at radius 1 is 1.17 bits per heavy atom. The standard InChI is InChI=1S/C21H30N4O3S/c1-15-5-6-20(29(26,27)25-21(2,3)4)18(11-15)19-13-23-16(12-24-19)14-28-17-7-9-22-10-8-17/h5-6,11-13,17,22,25H,7-10,14H2,1-4H3. The first-order valence-corrected chi connectivity index (χ1v) is 11.4. The molecule has 0 atom stereocenters. The number of ether oxygens (including phenoxy) is 1. The second-order valence-corrected chi connectivity index (χ2v) is 10.2. The van der Waals surface area contributed by atoms with Gasteiger partial charge in [0.15, 0.2) is 0 Å². The summed E-state index contributed by atoms with van der Waals surface area (Å²) in [4.78, 5) is 9.13. The molecule has 2 N–H and O–H groups in total. The van der Waals surface area contributed by atoms with E-state index in [1.807, 2.05) is 33.8 Å². The Bertz CT molecular complexity index is 931. The molecule has 1 aliphatic heterocycles. The number of aryl methyl sites for hydroxylation is 1. The Hall–Kier alpha value is -1.87. The van der Waals surface area contributed by atoms with Crippen LogP contribution in [-0.2, 0) is 21.4 Å². The van der Waals surface area contributed by atoms with Gasteiger partial charge < -0.3 is 10.1 Å². The van der Waals surface area contributed by atoms with E-state index in [1.54, 1.807) is 24.5 Å². The van der Waals surface area contributed by atoms with Gasteiger partial charge in [0.1, 0.15) is 0 Å². The lowest BCUT2D eigenvalue weighted by Gasteiger charge is -2.22. The second kappa shape index (κ2) is 8.87. The summed E-state index contributed by atoms with van der Waals surface area (Å²) in [5.74, 6) is 0. The maximum absolute atomic E-state index is 12.9. The lowest BCUT2D eigenvalue weighted by Crippen LogP contribution is -2.40. The minimum Gasteiger partial charge on any atom is -0.372 e. The van der Waals surface area contributed by atoms with Crippen LogP contribution in [-0.4, -0.2) is 43.1 Å². The molecule has 1 aromatic carbocycles. The molecule has 158 valence electrons. The molecule has 1 saturated heterocycles. The zero-order valence-electron chi connectivity index (χ0n) is 17.5. The smallest absolute Gasteiger partial charge is 0.241 e. The molecular weight excluding hydrogens is 388 g/mol. The van der Waals surface area contributed by atoms with Crippen molar-refractivity contribution in [2.24, 2.45) is 0 Å². The van der Waals surface area contributed by atoms with Gasteiger partial charge in [0.05, 0.1) is 41.4 Å². The average molecular weight is 419 g/mol. The summed E-state index contributed by atoms with van der Waals surface area (Å²) in [5.41, 5.74) is 2.17. The molecule has 0 amide bonds. The first-order valence-electron chi connectivity index (χ1n) is 9.92. The Morgan fingerprint density at radius 2 is 1.90 bits per heavy atom. The summed E-state index contributed by atoms with van der Waals surface area (Å²) in [7, 11) is -3.70. The summed E-state index contributed by atoms with van der Waals surface area (Å²) in [6.45, 7) is 9.72. The summed E-state index contributed by atoms with van der Waals surface area (Å²) in [6.07, 6.45) is 5.51. The van der Waals surface area contributed by atoms with Gasteiger partial charge in [-0.15, -0.1) is 0 Å². The van der Waals surface area contributed by atoms with Crippen LogP contribution in [0.2, 0.25) is 0 Å². The van der Waals surface area contributed by atoms with Gasteiger partial charge in [-0.3, -0.25) is 9.97 Å². The van der Waals surface area contributed by atoms with Crippen molar-refractivity contribution in [3.05, 3.63) is 41.9 Å². The number of benzene rings is 1. The van der Waals surface area contributed by atoms with E-state index >= 15 is 0 Å². The van der Waals surface area contributed by atoms with Crippen molar-refractivity contribution >= 4 is 10.0 Å². The van der Waals surface area contributed by atoms with Gasteiger partial charge in [-0.05, 0) is 65.8 Å². The molecule has 1 aromatic heterocycles. The molecule has 0 unspecified atom stereocenters. The van der Waals surface area contributed by atoms with Crippen LogP contribution in [0.15, 0.2) is 35.5 Å². The van der Waals surface area contributed by atoms with Gasteiger partial charge in [-0.1, -0.05) is 11.6 Å². The highest BCUT2D eigenvalue weighted by Gasteiger charge is 2.25. The highest BCUT2D eigenvalue weighted by Crippen LogP contribution is 2.27. The number of hydrogen-bond donors (Lipinski definition) is 2. The molecule has 1 fully saturated rings. The number of piperidine rings is 1. The van der Waals surface area contributed by atoms with Crippen molar-refractivity contribution in [2.75, 3.05) is 13.1 Å². The summed E-state index contributed by atoms with van der Waals surface area (Å²) in [6, 6.07) is 5.23. The van der Waals surface area contributed by atoms with Crippen molar-refractivity contribution in [3.8, 4) is 11.3 Å². The molecule has 0 bridgehead atoms. The van der Waals surface area contributed by atoms with Crippen molar-refractivity contribution < 1.29 is 13.2 Å². The fraction of sp³-hybridized carbons (Fsp3) is 0.524. The van der Waals surface area contributed by atoms with Gasteiger partial charge in [0, 0.05) is 11.1 Å². The zero-order chi connectivity index (χ0) is 21.1. The van der Waals surface area contributed by atoms with Gasteiger partial charge >= 0.3 is 0 Å². The third-order valence-corrected chi connectivity index (χ3v) is 6.42. The second-order valence-electron chi connectivity index (χ2n) is 8.51. The Morgan fingerprint density at radius 3 is 2.52 bits per heavy atom. The molecule has 7 nitrogen and oxygen atoms in total. The molecule has 29 heavy (non-hydrogen) atoms. The normalized spacial score (nSPS) is 16.1. The van der Waals surface area contributed by atoms with E-state index in [0.29, 0.717) is 17.9 Å². The minimum atomic E-state index is -3.70. The Labute approximate surface area is 173 Å². The van der Waals surface area contributed by atoms with Crippen LogP contribution in [0.1, 0.15) is 44.9 Å². The van der Waals surface area contributed by atoms with Crippen LogP contribution in [0, 0.1) is 6.92 Å². The van der Waals surface area contributed by atoms with E-state index in [-0.39, 0.29) is 11.0 Å². The number of nitrogens with zero attached hydrogens (tertiary/aromatic N) is 2. The van der Waals surface area contributed by atoms with E-state index in [2.05, 4.69) is 20.0 Å². The van der Waals surface area contributed by atoms with Crippen LogP contribution in [0.3, 0.4) is 0 Å². The summed E-state index contributed by atoms with van der Waals surface area (Å²) >= 11 is 0. The van der Waals surface area contributed by atoms with Crippen molar-refractivity contribution in [3.63, 3.8) is 0 Å². The molecule has 3 rings (SSSR count). The van der Waals surface area contributed by atoms with Crippen LogP contribution in [0.25, 0.3) is 11.3 Å². The van der Waals surface area contributed by atoms with Crippen molar-refractivity contribution in [1.29, 1.82) is 0 Å². The average Bonchev–Trinajstić information content (AvgIpc) is 2.65. The van der Waals surface area contributed by atoms with E-state index in [4.69, 9.17) is 4.74 Å². The third-order valence-electron chi connectivity index (χ3n) is 4.60. The van der Waals surface area contributed by atoms with E-state index in [9.17, 15) is 8.42 Å². The molecule has 0 aliphatic carbocycles. The van der Waals surface area contributed by atoms with E-state index in [0.717, 1.165) is 37.2 Å². The van der Waals surface area contributed by atoms with Crippen LogP contribution >= 0.6 is 0 Å². The van der Waals surface area contributed by atoms with E-state index in [1.165, 1.54) is 0 Å². The summed E-state index contributed by atoms with van der Waals surface area (Å²) < 4.78 is 34.5. The molecule has 0 radical (unpaired) electrons. The first-order chi connectivity index (χ1) is 13.6. The molecule has 2 aromatic rings. The molecule has 0 saturated carbocycles. The van der Waals surface area contributed by atoms with Gasteiger partial charge in [-0.2, -0.15) is 0 Å².